The molecule has 1 aliphatic heterocycles. The summed E-state index contributed by atoms with van der Waals surface area (Å²) in [5.41, 5.74) is 0. The highest BCUT2D eigenvalue weighted by atomic mass is 16.5. The first-order chi connectivity index (χ1) is 5.29. The second-order valence-electron chi connectivity index (χ2n) is 2.62. The Morgan fingerprint density at radius 3 is 3.00 bits per heavy atom. The third kappa shape index (κ3) is 3.13. The second-order valence-corrected chi connectivity index (χ2v) is 2.62. The van der Waals surface area contributed by atoms with Crippen LogP contribution in [-0.4, -0.2) is 38.7 Å². The Labute approximate surface area is 66.6 Å². The number of rotatable bonds is 4. The van der Waals surface area contributed by atoms with Gasteiger partial charge in [-0.3, -0.25) is 0 Å². The van der Waals surface area contributed by atoms with Crippen LogP contribution in [0.5, 0.6) is 0 Å². The maximum absolute atomic E-state index is 5.27. The molecule has 11 heavy (non-hydrogen) atoms. The van der Waals surface area contributed by atoms with Crippen LogP contribution < -0.4 is 0 Å². The largest absolute Gasteiger partial charge is 0.475 e. The van der Waals surface area contributed by atoms with Gasteiger partial charge in [-0.05, 0) is 14.1 Å². The van der Waals surface area contributed by atoms with Crippen molar-refractivity contribution in [2.24, 2.45) is 10.2 Å². The summed E-state index contributed by atoms with van der Waals surface area (Å²) in [5, 5.41) is 7.53. The number of hydrogen-bond donors (Lipinski definition) is 0. The van der Waals surface area contributed by atoms with Crippen LogP contribution in [0, 0.1) is 0 Å². The molecule has 0 aromatic carbocycles. The average Bonchev–Trinajstić information content (AvgIpc) is 2.39. The molecule has 1 rings (SSSR count). The summed E-state index contributed by atoms with van der Waals surface area (Å²) in [5.74, 6) is 0.659. The molecule has 0 fully saturated rings. The Morgan fingerprint density at radius 1 is 1.64 bits per heavy atom. The minimum absolute atomic E-state index is 0.659. The van der Waals surface area contributed by atoms with Gasteiger partial charge in [-0.1, -0.05) is 0 Å². The molecule has 0 saturated heterocycles. The Bertz CT molecular complexity index is 175. The van der Waals surface area contributed by atoms with Crippen LogP contribution in [0.4, 0.5) is 0 Å². The van der Waals surface area contributed by atoms with Crippen molar-refractivity contribution in [3.8, 4) is 0 Å². The molecule has 1 heterocycles. The van der Waals surface area contributed by atoms with Gasteiger partial charge in [-0.2, -0.15) is 5.11 Å². The van der Waals surface area contributed by atoms with Gasteiger partial charge in [0.1, 0.15) is 6.61 Å². The molecule has 1 aliphatic rings. The van der Waals surface area contributed by atoms with Gasteiger partial charge in [0.25, 0.3) is 0 Å². The lowest BCUT2D eigenvalue weighted by Gasteiger charge is -2.09. The monoisotopic (exact) mass is 155 g/mol. The summed E-state index contributed by atoms with van der Waals surface area (Å²) in [4.78, 5) is 2.06. The number of azo groups is 1. The molecule has 0 saturated carbocycles. The lowest BCUT2D eigenvalue weighted by Crippen LogP contribution is -2.17. The van der Waals surface area contributed by atoms with Crippen LogP contribution >= 0.6 is 0 Å². The zero-order valence-corrected chi connectivity index (χ0v) is 6.95. The highest BCUT2D eigenvalue weighted by Crippen LogP contribution is 2.05. The van der Waals surface area contributed by atoms with Crippen LogP contribution in [0.15, 0.2) is 22.2 Å². The maximum atomic E-state index is 5.27. The predicted octanol–water partition coefficient (Wildman–Crippen LogP) is 0.872. The smallest absolute Gasteiger partial charge is 0.230 e. The van der Waals surface area contributed by atoms with Gasteiger partial charge in [0.05, 0.1) is 6.54 Å². The average molecular weight is 155 g/mol. The fourth-order valence-electron chi connectivity index (χ4n) is 0.691. The van der Waals surface area contributed by atoms with Crippen molar-refractivity contribution in [2.45, 2.75) is 0 Å². The molecular formula is C7H13N3O. The molecule has 0 bridgehead atoms. The second kappa shape index (κ2) is 4.08. The van der Waals surface area contributed by atoms with Gasteiger partial charge >= 0.3 is 0 Å². The van der Waals surface area contributed by atoms with Crippen molar-refractivity contribution < 1.29 is 4.74 Å². The molecule has 0 spiro atoms. The van der Waals surface area contributed by atoms with E-state index in [1.165, 1.54) is 0 Å². The van der Waals surface area contributed by atoms with E-state index in [1.54, 1.807) is 0 Å². The van der Waals surface area contributed by atoms with E-state index in [2.05, 4.69) is 15.1 Å². The van der Waals surface area contributed by atoms with Gasteiger partial charge in [-0.15, -0.1) is 5.11 Å². The molecule has 0 N–H and O–H groups in total. The van der Waals surface area contributed by atoms with Crippen molar-refractivity contribution in [1.29, 1.82) is 0 Å². The van der Waals surface area contributed by atoms with Gasteiger partial charge in [0.2, 0.25) is 5.88 Å². The first kappa shape index (κ1) is 8.20. The normalized spacial score (nSPS) is 15.7. The van der Waals surface area contributed by atoms with E-state index in [4.69, 9.17) is 4.74 Å². The Balaban J connectivity index is 2.08. The highest BCUT2D eigenvalue weighted by Gasteiger charge is 2.00. The van der Waals surface area contributed by atoms with E-state index in [1.807, 2.05) is 20.2 Å². The Morgan fingerprint density at radius 2 is 2.45 bits per heavy atom. The van der Waals surface area contributed by atoms with Crippen LogP contribution in [0.25, 0.3) is 0 Å². The number of hydrogen-bond acceptors (Lipinski definition) is 4. The molecular weight excluding hydrogens is 142 g/mol. The molecule has 62 valence electrons. The van der Waals surface area contributed by atoms with Crippen LogP contribution in [0.2, 0.25) is 0 Å². The lowest BCUT2D eigenvalue weighted by atomic mass is 10.6. The number of ether oxygens (including phenoxy) is 1. The summed E-state index contributed by atoms with van der Waals surface area (Å²) < 4.78 is 5.27. The van der Waals surface area contributed by atoms with Gasteiger partial charge < -0.3 is 9.64 Å². The molecule has 0 atom stereocenters. The standard InChI is InChI=1S/C7H13N3O/c1-10(2)5-6-11-7-3-4-8-9-7/h3H,4-6H2,1-2H3. The maximum Gasteiger partial charge on any atom is 0.230 e. The third-order valence-corrected chi connectivity index (χ3v) is 1.31. The topological polar surface area (TPSA) is 37.2 Å². The first-order valence-corrected chi connectivity index (χ1v) is 3.64. The number of likely N-dealkylation sites (N-methyl/N-ethyl adjacent to an activating group) is 1. The van der Waals surface area contributed by atoms with Crippen LogP contribution in [0.1, 0.15) is 0 Å². The SMILES string of the molecule is CN(C)CCOC1=CCN=N1. The minimum Gasteiger partial charge on any atom is -0.475 e. The Kier molecular flexibility index (Phi) is 3.04. The minimum atomic E-state index is 0.659. The van der Waals surface area contributed by atoms with E-state index < -0.39 is 0 Å². The molecule has 0 aromatic rings. The highest BCUT2D eigenvalue weighted by molar-refractivity contribution is 4.95. The van der Waals surface area contributed by atoms with Crippen molar-refractivity contribution in [1.82, 2.24) is 4.90 Å². The molecule has 4 nitrogen and oxygen atoms in total. The van der Waals surface area contributed by atoms with Gasteiger partial charge in [0.15, 0.2) is 0 Å². The van der Waals surface area contributed by atoms with Crippen molar-refractivity contribution in [2.75, 3.05) is 33.8 Å². The molecule has 0 aromatic heterocycles. The van der Waals surface area contributed by atoms with E-state index in [-0.39, 0.29) is 0 Å². The molecule has 0 unspecified atom stereocenters. The fourth-order valence-corrected chi connectivity index (χ4v) is 0.691. The molecule has 4 heteroatoms. The van der Waals surface area contributed by atoms with E-state index >= 15 is 0 Å². The van der Waals surface area contributed by atoms with E-state index in [9.17, 15) is 0 Å². The van der Waals surface area contributed by atoms with Gasteiger partial charge in [-0.25, -0.2) is 0 Å². The zero-order valence-electron chi connectivity index (χ0n) is 6.95. The van der Waals surface area contributed by atoms with E-state index in [0.717, 1.165) is 6.54 Å². The molecule has 0 radical (unpaired) electrons. The van der Waals surface area contributed by atoms with Crippen molar-refractivity contribution in [3.63, 3.8) is 0 Å². The summed E-state index contributed by atoms with van der Waals surface area (Å²) in [6.45, 7) is 2.25. The van der Waals surface area contributed by atoms with Crippen LogP contribution in [-0.2, 0) is 4.74 Å². The lowest BCUT2D eigenvalue weighted by molar-refractivity contribution is 0.181. The summed E-state index contributed by atoms with van der Waals surface area (Å²) >= 11 is 0. The molecule has 0 aliphatic carbocycles. The summed E-state index contributed by atoms with van der Waals surface area (Å²) in [6.07, 6.45) is 1.87. The number of nitrogens with zero attached hydrogens (tertiary/aromatic N) is 3. The quantitative estimate of drug-likeness (QED) is 0.604. The predicted molar refractivity (Wildman–Crippen MR) is 42.3 cm³/mol. The van der Waals surface area contributed by atoms with Crippen molar-refractivity contribution >= 4 is 0 Å². The van der Waals surface area contributed by atoms with Crippen LogP contribution in [0.3, 0.4) is 0 Å². The Hall–Kier alpha value is -0.900. The fraction of sp³-hybridized carbons (Fsp3) is 0.714. The summed E-state index contributed by atoms with van der Waals surface area (Å²) in [6, 6.07) is 0. The zero-order chi connectivity index (χ0) is 8.10. The summed E-state index contributed by atoms with van der Waals surface area (Å²) in [7, 11) is 4.02. The van der Waals surface area contributed by atoms with Crippen molar-refractivity contribution in [3.05, 3.63) is 12.0 Å². The molecule has 0 amide bonds. The third-order valence-electron chi connectivity index (χ3n) is 1.31. The van der Waals surface area contributed by atoms with E-state index in [0.29, 0.717) is 19.0 Å². The van der Waals surface area contributed by atoms with Gasteiger partial charge in [0, 0.05) is 12.6 Å². The first-order valence-electron chi connectivity index (χ1n) is 3.64.